The molecule has 4 rings (SSSR count). The molecule has 0 saturated heterocycles. The van der Waals surface area contributed by atoms with Crippen LogP contribution in [0.15, 0.2) is 48.5 Å². The van der Waals surface area contributed by atoms with Crippen LogP contribution in [0.3, 0.4) is 0 Å². The lowest BCUT2D eigenvalue weighted by Gasteiger charge is -2.06. The van der Waals surface area contributed by atoms with Gasteiger partial charge in [-0.05, 0) is 34.4 Å². The Morgan fingerprint density at radius 3 is 1.50 bits per heavy atom. The van der Waals surface area contributed by atoms with Crippen LogP contribution < -0.4 is 0 Å². The Kier molecular flexibility index (Phi) is 2.03. The molecule has 1 aliphatic rings. The Bertz CT molecular complexity index is 740. The molecule has 0 unspecified atom stereocenters. The van der Waals surface area contributed by atoms with Crippen molar-refractivity contribution in [3.05, 3.63) is 58.6 Å². The molecule has 0 amide bonds. The average Bonchev–Trinajstić information content (AvgIpc) is 2.71. The molecule has 2 heteroatoms. The third kappa shape index (κ3) is 1.17. The first-order valence-electron chi connectivity index (χ1n) is 5.78. The summed E-state index contributed by atoms with van der Waals surface area (Å²) in [6.45, 7) is 0. The maximum absolute atomic E-state index is 6.29. The smallest absolute Gasteiger partial charge is 0.0500 e. The normalized spacial score (nSPS) is 11.9. The van der Waals surface area contributed by atoms with Gasteiger partial charge in [0, 0.05) is 20.8 Å². The largest absolute Gasteiger partial charge is 0.0836 e. The average molecular weight is 271 g/mol. The molecule has 0 radical (unpaired) electrons. The van der Waals surface area contributed by atoms with Crippen LogP contribution in [0.4, 0.5) is 0 Å². The van der Waals surface area contributed by atoms with E-state index >= 15 is 0 Å². The molecule has 0 aromatic heterocycles. The van der Waals surface area contributed by atoms with Gasteiger partial charge in [-0.2, -0.15) is 0 Å². The van der Waals surface area contributed by atoms with Crippen molar-refractivity contribution in [1.82, 2.24) is 0 Å². The number of benzene rings is 3. The highest BCUT2D eigenvalue weighted by molar-refractivity contribution is 6.44. The van der Waals surface area contributed by atoms with Gasteiger partial charge in [-0.25, -0.2) is 0 Å². The van der Waals surface area contributed by atoms with Crippen molar-refractivity contribution in [3.63, 3.8) is 0 Å². The first kappa shape index (κ1) is 10.4. The van der Waals surface area contributed by atoms with Gasteiger partial charge in [0.15, 0.2) is 0 Å². The number of hydrogen-bond acceptors (Lipinski definition) is 0. The molecular weight excluding hydrogens is 263 g/mol. The van der Waals surface area contributed by atoms with E-state index in [1.807, 2.05) is 12.1 Å². The maximum Gasteiger partial charge on any atom is 0.0500 e. The summed E-state index contributed by atoms with van der Waals surface area (Å²) >= 11 is 12.6. The predicted molar refractivity (Wildman–Crippen MR) is 78.4 cm³/mol. The zero-order chi connectivity index (χ0) is 12.3. The second kappa shape index (κ2) is 3.50. The summed E-state index contributed by atoms with van der Waals surface area (Å²) in [5.74, 6) is 0. The predicted octanol–water partition coefficient (Wildman–Crippen LogP) is 5.79. The maximum atomic E-state index is 6.29. The van der Waals surface area contributed by atoms with Crippen LogP contribution in [0.25, 0.3) is 33.0 Å². The van der Waals surface area contributed by atoms with Crippen LogP contribution in [-0.2, 0) is 0 Å². The van der Waals surface area contributed by atoms with E-state index in [-0.39, 0.29) is 0 Å². The van der Waals surface area contributed by atoms with Crippen molar-refractivity contribution in [2.24, 2.45) is 0 Å². The zero-order valence-corrected chi connectivity index (χ0v) is 10.9. The highest BCUT2D eigenvalue weighted by Gasteiger charge is 2.22. The second-order valence-corrected chi connectivity index (χ2v) is 5.30. The van der Waals surface area contributed by atoms with Crippen molar-refractivity contribution < 1.29 is 0 Å². The molecule has 0 aliphatic heterocycles. The quantitative estimate of drug-likeness (QED) is 0.379. The minimum Gasteiger partial charge on any atom is -0.0836 e. The monoisotopic (exact) mass is 270 g/mol. The fraction of sp³-hybridized carbons (Fsp3) is 0. The van der Waals surface area contributed by atoms with E-state index in [9.17, 15) is 0 Å². The highest BCUT2D eigenvalue weighted by Crippen LogP contribution is 2.50. The molecule has 3 aromatic carbocycles. The van der Waals surface area contributed by atoms with Crippen LogP contribution in [-0.4, -0.2) is 0 Å². The molecular formula is C16H8Cl2. The Labute approximate surface area is 115 Å². The fourth-order valence-electron chi connectivity index (χ4n) is 2.82. The highest BCUT2D eigenvalue weighted by atomic mass is 35.5. The van der Waals surface area contributed by atoms with Gasteiger partial charge in [0.25, 0.3) is 0 Å². The summed E-state index contributed by atoms with van der Waals surface area (Å²) in [5.41, 5.74) is 4.97. The Morgan fingerprint density at radius 2 is 1.00 bits per heavy atom. The van der Waals surface area contributed by atoms with E-state index in [4.69, 9.17) is 23.2 Å². The fourth-order valence-corrected chi connectivity index (χ4v) is 3.38. The minimum atomic E-state index is 0.716. The third-order valence-electron chi connectivity index (χ3n) is 3.57. The van der Waals surface area contributed by atoms with Gasteiger partial charge in [-0.1, -0.05) is 59.6 Å². The van der Waals surface area contributed by atoms with Crippen molar-refractivity contribution in [2.45, 2.75) is 0 Å². The van der Waals surface area contributed by atoms with E-state index in [0.29, 0.717) is 10.0 Å². The van der Waals surface area contributed by atoms with E-state index in [2.05, 4.69) is 36.4 Å². The summed E-state index contributed by atoms with van der Waals surface area (Å²) in [7, 11) is 0. The lowest BCUT2D eigenvalue weighted by atomic mass is 10.0. The van der Waals surface area contributed by atoms with Crippen LogP contribution in [0.2, 0.25) is 10.0 Å². The van der Waals surface area contributed by atoms with Crippen LogP contribution in [0.5, 0.6) is 0 Å². The Morgan fingerprint density at radius 1 is 0.500 bits per heavy atom. The summed E-state index contributed by atoms with van der Waals surface area (Å²) in [6.07, 6.45) is 0. The molecule has 0 spiro atoms. The molecule has 0 heterocycles. The topological polar surface area (TPSA) is 0 Å². The van der Waals surface area contributed by atoms with Crippen molar-refractivity contribution in [2.75, 3.05) is 0 Å². The molecule has 1 aliphatic carbocycles. The molecule has 18 heavy (non-hydrogen) atoms. The van der Waals surface area contributed by atoms with Crippen molar-refractivity contribution in [3.8, 4) is 22.3 Å². The number of rotatable bonds is 0. The molecule has 0 bridgehead atoms. The number of halogens is 2. The lowest BCUT2D eigenvalue weighted by molar-refractivity contribution is 1.70. The van der Waals surface area contributed by atoms with Gasteiger partial charge >= 0.3 is 0 Å². The summed E-state index contributed by atoms with van der Waals surface area (Å²) in [4.78, 5) is 0. The first-order chi connectivity index (χ1) is 8.77. The molecule has 0 fully saturated rings. The summed E-state index contributed by atoms with van der Waals surface area (Å²) in [5, 5.41) is 3.57. The molecule has 86 valence electrons. The van der Waals surface area contributed by atoms with E-state index in [1.54, 1.807) is 0 Å². The minimum absolute atomic E-state index is 0.716. The Hall–Kier alpha value is -1.50. The molecule has 3 aromatic rings. The first-order valence-corrected chi connectivity index (χ1v) is 6.53. The van der Waals surface area contributed by atoms with E-state index in [0.717, 1.165) is 5.39 Å². The zero-order valence-electron chi connectivity index (χ0n) is 9.37. The third-order valence-corrected chi connectivity index (χ3v) is 4.20. The molecule has 0 saturated carbocycles. The Balaban J connectivity index is 2.31. The lowest BCUT2D eigenvalue weighted by Crippen LogP contribution is -1.79. The molecule has 0 N–H and O–H groups in total. The van der Waals surface area contributed by atoms with E-state index in [1.165, 1.54) is 27.6 Å². The molecule has 0 nitrogen and oxygen atoms in total. The van der Waals surface area contributed by atoms with Gasteiger partial charge in [-0.15, -0.1) is 0 Å². The summed E-state index contributed by atoms with van der Waals surface area (Å²) < 4.78 is 0. The standard InChI is InChI=1S/C16H8Cl2/c17-13-7-5-11-9-3-1-2-4-10(9)12-6-8-14(18)16(13)15(11)12/h1-8H. The van der Waals surface area contributed by atoms with Gasteiger partial charge in [0.1, 0.15) is 0 Å². The van der Waals surface area contributed by atoms with Crippen molar-refractivity contribution >= 4 is 34.0 Å². The van der Waals surface area contributed by atoms with Gasteiger partial charge in [-0.3, -0.25) is 0 Å². The van der Waals surface area contributed by atoms with Crippen LogP contribution in [0, 0.1) is 0 Å². The SMILES string of the molecule is Clc1ccc2c3c(ccc(Cl)c13)-c1ccccc1-2. The van der Waals surface area contributed by atoms with Crippen LogP contribution >= 0.6 is 23.2 Å². The second-order valence-electron chi connectivity index (χ2n) is 4.49. The van der Waals surface area contributed by atoms with Gasteiger partial charge in [0.05, 0.1) is 0 Å². The van der Waals surface area contributed by atoms with E-state index < -0.39 is 0 Å². The van der Waals surface area contributed by atoms with Gasteiger partial charge < -0.3 is 0 Å². The number of fused-ring (bicyclic) bond motifs is 3. The van der Waals surface area contributed by atoms with Crippen molar-refractivity contribution in [1.29, 1.82) is 0 Å². The van der Waals surface area contributed by atoms with Crippen LogP contribution in [0.1, 0.15) is 0 Å². The number of hydrogen-bond donors (Lipinski definition) is 0. The molecule has 0 atom stereocenters. The summed E-state index contributed by atoms with van der Waals surface area (Å²) in [6, 6.07) is 16.4. The van der Waals surface area contributed by atoms with Gasteiger partial charge in [0.2, 0.25) is 0 Å².